The number of hydrogen-bond donors (Lipinski definition) is 3. The zero-order chi connectivity index (χ0) is 9.84. The number of benzene rings is 1. The molecule has 0 radical (unpaired) electrons. The van der Waals surface area contributed by atoms with Crippen LogP contribution in [0.15, 0.2) is 12.1 Å². The summed E-state index contributed by atoms with van der Waals surface area (Å²) < 4.78 is 0. The van der Waals surface area contributed by atoms with Gasteiger partial charge in [-0.1, -0.05) is 6.92 Å². The van der Waals surface area contributed by atoms with Crippen LogP contribution in [0.2, 0.25) is 0 Å². The van der Waals surface area contributed by atoms with Gasteiger partial charge < -0.3 is 16.6 Å². The van der Waals surface area contributed by atoms with E-state index in [0.29, 0.717) is 6.42 Å². The van der Waals surface area contributed by atoms with Gasteiger partial charge in [-0.15, -0.1) is 0 Å². The van der Waals surface area contributed by atoms with Crippen LogP contribution in [0.1, 0.15) is 18.1 Å². The van der Waals surface area contributed by atoms with Crippen LogP contribution in [0.3, 0.4) is 0 Å². The van der Waals surface area contributed by atoms with Gasteiger partial charge in [0.2, 0.25) is 0 Å². The van der Waals surface area contributed by atoms with Crippen LogP contribution in [0.25, 0.3) is 0 Å². The maximum absolute atomic E-state index is 8.75. The second-order valence-corrected chi connectivity index (χ2v) is 3.08. The van der Waals surface area contributed by atoms with Gasteiger partial charge in [0.05, 0.1) is 0 Å². The van der Waals surface area contributed by atoms with E-state index in [1.807, 2.05) is 19.1 Å². The van der Waals surface area contributed by atoms with E-state index in [1.165, 1.54) is 0 Å². The Morgan fingerprint density at radius 2 is 1.77 bits per heavy atom. The highest BCUT2D eigenvalue weighted by Crippen LogP contribution is 2.22. The average molecular weight is 180 g/mol. The zero-order valence-corrected chi connectivity index (χ0v) is 7.88. The van der Waals surface area contributed by atoms with Crippen LogP contribution < -0.4 is 11.5 Å². The molecule has 5 N–H and O–H groups in total. The highest BCUT2D eigenvalue weighted by molar-refractivity contribution is 5.63. The summed E-state index contributed by atoms with van der Waals surface area (Å²) in [4.78, 5) is 0. The molecular formula is C10H16N2O. The Hall–Kier alpha value is -1.22. The first-order valence-electron chi connectivity index (χ1n) is 4.46. The molecule has 0 fully saturated rings. The van der Waals surface area contributed by atoms with Gasteiger partial charge in [-0.2, -0.15) is 0 Å². The lowest BCUT2D eigenvalue weighted by Gasteiger charge is -2.09. The molecule has 0 aliphatic heterocycles. The van der Waals surface area contributed by atoms with Gasteiger partial charge in [0.15, 0.2) is 0 Å². The third-order valence-electron chi connectivity index (χ3n) is 2.13. The summed E-state index contributed by atoms with van der Waals surface area (Å²) in [6.07, 6.45) is 1.45. The number of nitrogen functional groups attached to an aromatic ring is 2. The van der Waals surface area contributed by atoms with Crippen molar-refractivity contribution in [2.75, 3.05) is 18.1 Å². The van der Waals surface area contributed by atoms with Crippen molar-refractivity contribution in [3.05, 3.63) is 23.3 Å². The molecular weight excluding hydrogens is 164 g/mol. The van der Waals surface area contributed by atoms with Gasteiger partial charge in [-0.3, -0.25) is 0 Å². The smallest absolute Gasteiger partial charge is 0.0471 e. The summed E-state index contributed by atoms with van der Waals surface area (Å²) in [5.74, 6) is 0. The van der Waals surface area contributed by atoms with Gasteiger partial charge in [0.1, 0.15) is 0 Å². The van der Waals surface area contributed by atoms with Crippen molar-refractivity contribution in [3.8, 4) is 0 Å². The summed E-state index contributed by atoms with van der Waals surface area (Å²) in [5.41, 5.74) is 15.1. The van der Waals surface area contributed by atoms with Crippen molar-refractivity contribution in [3.63, 3.8) is 0 Å². The Labute approximate surface area is 78.4 Å². The summed E-state index contributed by atoms with van der Waals surface area (Å²) >= 11 is 0. The van der Waals surface area contributed by atoms with Crippen LogP contribution in [-0.4, -0.2) is 11.7 Å². The molecule has 72 valence electrons. The molecule has 1 aromatic rings. The molecule has 1 rings (SSSR count). The molecule has 0 saturated carbocycles. The predicted molar refractivity (Wildman–Crippen MR) is 55.4 cm³/mol. The Morgan fingerprint density at radius 3 is 2.15 bits per heavy atom. The van der Waals surface area contributed by atoms with E-state index < -0.39 is 0 Å². The van der Waals surface area contributed by atoms with Crippen molar-refractivity contribution in [1.82, 2.24) is 0 Å². The van der Waals surface area contributed by atoms with E-state index in [0.717, 1.165) is 28.9 Å². The first kappa shape index (κ1) is 9.86. The highest BCUT2D eigenvalue weighted by atomic mass is 16.2. The fourth-order valence-electron chi connectivity index (χ4n) is 1.46. The molecule has 13 heavy (non-hydrogen) atoms. The molecule has 0 spiro atoms. The maximum Gasteiger partial charge on any atom is 0.0471 e. The molecule has 0 aliphatic rings. The summed E-state index contributed by atoms with van der Waals surface area (Å²) in [6, 6.07) is 3.76. The number of hydrogen-bond acceptors (Lipinski definition) is 3. The predicted octanol–water partition coefficient (Wildman–Crippen LogP) is 0.948. The third-order valence-corrected chi connectivity index (χ3v) is 2.13. The Kier molecular flexibility index (Phi) is 3.14. The van der Waals surface area contributed by atoms with Crippen LogP contribution in [0.5, 0.6) is 0 Å². The highest BCUT2D eigenvalue weighted by Gasteiger charge is 2.03. The Bertz CT molecular complexity index is 274. The molecule has 0 atom stereocenters. The fourth-order valence-corrected chi connectivity index (χ4v) is 1.46. The molecule has 0 amide bonds. The quantitative estimate of drug-likeness (QED) is 0.606. The van der Waals surface area contributed by atoms with Crippen molar-refractivity contribution >= 4 is 11.4 Å². The standard InChI is InChI=1S/C10H16N2O/c1-2-8-9(11)5-7(3-4-13)6-10(8)12/h5-6,13H,2-4,11-12H2,1H3. The average Bonchev–Trinajstić information content (AvgIpc) is 2.04. The summed E-state index contributed by atoms with van der Waals surface area (Å²) in [7, 11) is 0. The topological polar surface area (TPSA) is 72.3 Å². The number of rotatable bonds is 3. The van der Waals surface area contributed by atoms with Crippen molar-refractivity contribution < 1.29 is 5.11 Å². The first-order valence-corrected chi connectivity index (χ1v) is 4.46. The van der Waals surface area contributed by atoms with Gasteiger partial charge in [-0.05, 0) is 36.1 Å². The van der Waals surface area contributed by atoms with Crippen LogP contribution in [0, 0.1) is 0 Å². The molecule has 0 saturated heterocycles. The van der Waals surface area contributed by atoms with Gasteiger partial charge >= 0.3 is 0 Å². The lowest BCUT2D eigenvalue weighted by molar-refractivity contribution is 0.299. The maximum atomic E-state index is 8.75. The molecule has 0 bridgehead atoms. The van der Waals surface area contributed by atoms with Gasteiger partial charge in [0, 0.05) is 18.0 Å². The SMILES string of the molecule is CCc1c(N)cc(CCO)cc1N. The van der Waals surface area contributed by atoms with Crippen LogP contribution in [-0.2, 0) is 12.8 Å². The molecule has 0 heterocycles. The normalized spacial score (nSPS) is 10.3. The zero-order valence-electron chi connectivity index (χ0n) is 7.88. The number of anilines is 2. The molecule has 0 aliphatic carbocycles. The molecule has 0 aromatic heterocycles. The fraction of sp³-hybridized carbons (Fsp3) is 0.400. The van der Waals surface area contributed by atoms with E-state index >= 15 is 0 Å². The lowest BCUT2D eigenvalue weighted by atomic mass is 10.0. The summed E-state index contributed by atoms with van der Waals surface area (Å²) in [5, 5.41) is 8.75. The van der Waals surface area contributed by atoms with Crippen molar-refractivity contribution in [1.29, 1.82) is 0 Å². The third kappa shape index (κ3) is 2.12. The molecule has 3 nitrogen and oxygen atoms in total. The second kappa shape index (κ2) is 4.14. The van der Waals surface area contributed by atoms with E-state index in [-0.39, 0.29) is 6.61 Å². The minimum Gasteiger partial charge on any atom is -0.398 e. The number of nitrogens with two attached hydrogens (primary N) is 2. The largest absolute Gasteiger partial charge is 0.398 e. The van der Waals surface area contributed by atoms with E-state index in [1.54, 1.807) is 0 Å². The number of aliphatic hydroxyl groups is 1. The summed E-state index contributed by atoms with van der Waals surface area (Å²) in [6.45, 7) is 2.15. The molecule has 0 unspecified atom stereocenters. The Morgan fingerprint density at radius 1 is 1.23 bits per heavy atom. The number of aliphatic hydroxyl groups excluding tert-OH is 1. The van der Waals surface area contributed by atoms with Crippen LogP contribution >= 0.6 is 0 Å². The molecule has 1 aromatic carbocycles. The first-order chi connectivity index (χ1) is 6.19. The van der Waals surface area contributed by atoms with Gasteiger partial charge in [-0.25, -0.2) is 0 Å². The monoisotopic (exact) mass is 180 g/mol. The van der Waals surface area contributed by atoms with E-state index in [4.69, 9.17) is 16.6 Å². The molecule has 3 heteroatoms. The van der Waals surface area contributed by atoms with Crippen molar-refractivity contribution in [2.24, 2.45) is 0 Å². The van der Waals surface area contributed by atoms with E-state index in [2.05, 4.69) is 0 Å². The lowest BCUT2D eigenvalue weighted by Crippen LogP contribution is -2.02. The minimum absolute atomic E-state index is 0.129. The second-order valence-electron chi connectivity index (χ2n) is 3.08. The minimum atomic E-state index is 0.129. The van der Waals surface area contributed by atoms with Crippen LogP contribution in [0.4, 0.5) is 11.4 Å². The van der Waals surface area contributed by atoms with Crippen molar-refractivity contribution in [2.45, 2.75) is 19.8 Å². The Balaban J connectivity index is 3.05. The van der Waals surface area contributed by atoms with E-state index in [9.17, 15) is 0 Å². The van der Waals surface area contributed by atoms with Gasteiger partial charge in [0.25, 0.3) is 0 Å².